The van der Waals surface area contributed by atoms with Crippen molar-refractivity contribution < 1.29 is 14.3 Å². The lowest BCUT2D eigenvalue weighted by atomic mass is 10.1. The third kappa shape index (κ3) is 3.49. The molecule has 3 aromatic rings. The van der Waals surface area contributed by atoms with Gasteiger partial charge in [0.1, 0.15) is 23.3 Å². The molecule has 6 heteroatoms. The van der Waals surface area contributed by atoms with Crippen molar-refractivity contribution >= 4 is 17.5 Å². The summed E-state index contributed by atoms with van der Waals surface area (Å²) in [4.78, 5) is 14.9. The van der Waals surface area contributed by atoms with E-state index in [0.29, 0.717) is 11.6 Å². The molecule has 24 heavy (non-hydrogen) atoms. The van der Waals surface area contributed by atoms with E-state index in [4.69, 9.17) is 4.42 Å². The van der Waals surface area contributed by atoms with Crippen LogP contribution >= 0.6 is 0 Å². The topological polar surface area (TPSA) is 90.5 Å². The molecule has 0 amide bonds. The van der Waals surface area contributed by atoms with Crippen LogP contribution in [0.5, 0.6) is 0 Å². The zero-order valence-corrected chi connectivity index (χ0v) is 12.9. The van der Waals surface area contributed by atoms with E-state index in [9.17, 15) is 9.90 Å². The quantitative estimate of drug-likeness (QED) is 0.576. The number of nitrogens with zero attached hydrogens (tertiary/aromatic N) is 2. The summed E-state index contributed by atoms with van der Waals surface area (Å²) < 4.78 is 5.22. The van der Waals surface area contributed by atoms with Crippen LogP contribution in [0.3, 0.4) is 0 Å². The molecule has 120 valence electrons. The van der Waals surface area contributed by atoms with Crippen molar-refractivity contribution in [3.05, 3.63) is 72.1 Å². The minimum Gasteiger partial charge on any atom is -0.542 e. The fraction of sp³-hybridized carbons (Fsp3) is 0.0556. The summed E-state index contributed by atoms with van der Waals surface area (Å²) in [5.41, 5.74) is 5.38. The first-order valence-electron chi connectivity index (χ1n) is 7.27. The van der Waals surface area contributed by atoms with Gasteiger partial charge in [0, 0.05) is 11.8 Å². The molecule has 0 saturated carbocycles. The van der Waals surface area contributed by atoms with Crippen molar-refractivity contribution in [2.45, 2.75) is 6.92 Å². The minimum atomic E-state index is -1.33. The van der Waals surface area contributed by atoms with Crippen molar-refractivity contribution in [1.29, 1.82) is 0 Å². The van der Waals surface area contributed by atoms with Gasteiger partial charge >= 0.3 is 0 Å². The number of carboxylic acids is 1. The highest BCUT2D eigenvalue weighted by atomic mass is 16.4. The lowest BCUT2D eigenvalue weighted by Crippen LogP contribution is -2.21. The lowest BCUT2D eigenvalue weighted by Gasteiger charge is -2.04. The van der Waals surface area contributed by atoms with E-state index in [1.807, 2.05) is 49.4 Å². The van der Waals surface area contributed by atoms with Crippen molar-refractivity contribution in [3.63, 3.8) is 0 Å². The van der Waals surface area contributed by atoms with Gasteiger partial charge < -0.3 is 14.3 Å². The molecule has 1 N–H and O–H groups in total. The Morgan fingerprint density at radius 3 is 2.54 bits per heavy atom. The molecule has 0 aliphatic heterocycles. The van der Waals surface area contributed by atoms with Crippen LogP contribution < -0.4 is 10.5 Å². The maximum Gasteiger partial charge on any atom is 0.150 e. The Hall–Kier alpha value is -3.41. The summed E-state index contributed by atoms with van der Waals surface area (Å²) >= 11 is 0. The van der Waals surface area contributed by atoms with E-state index in [1.54, 1.807) is 12.3 Å². The number of carbonyl (C=O) groups is 1. The Labute approximate surface area is 138 Å². The number of furan rings is 1. The van der Waals surface area contributed by atoms with Crippen LogP contribution in [0.2, 0.25) is 0 Å². The predicted molar refractivity (Wildman–Crippen MR) is 88.5 cm³/mol. The highest BCUT2D eigenvalue weighted by Gasteiger charge is 2.06. The third-order valence-corrected chi connectivity index (χ3v) is 3.40. The molecule has 1 aromatic carbocycles. The highest BCUT2D eigenvalue weighted by molar-refractivity contribution is 5.99. The van der Waals surface area contributed by atoms with E-state index >= 15 is 0 Å². The molecule has 0 aliphatic carbocycles. The zero-order chi connectivity index (χ0) is 16.9. The summed E-state index contributed by atoms with van der Waals surface area (Å²) in [6.45, 7) is 1.88. The van der Waals surface area contributed by atoms with E-state index in [0.717, 1.165) is 16.8 Å². The van der Waals surface area contributed by atoms with E-state index < -0.39 is 5.97 Å². The van der Waals surface area contributed by atoms with Gasteiger partial charge in [0.05, 0.1) is 5.71 Å². The summed E-state index contributed by atoms with van der Waals surface area (Å²) in [7, 11) is 0. The maximum absolute atomic E-state index is 10.7. The molecule has 2 heterocycles. The monoisotopic (exact) mass is 320 g/mol. The average Bonchev–Trinajstić information content (AvgIpc) is 3.11. The van der Waals surface area contributed by atoms with Gasteiger partial charge in [0.15, 0.2) is 0 Å². The number of rotatable bonds is 5. The number of hydrogen-bond donors (Lipinski definition) is 1. The number of aromatic nitrogens is 1. The SMILES string of the molecule is C/C(=N/Nc1ccccn1)c1ccc(-c2ccc(C(=O)[O-])o2)cc1. The number of benzene rings is 1. The Morgan fingerprint density at radius 1 is 1.12 bits per heavy atom. The third-order valence-electron chi connectivity index (χ3n) is 3.40. The normalized spacial score (nSPS) is 11.3. The summed E-state index contributed by atoms with van der Waals surface area (Å²) in [5.74, 6) is -0.381. The van der Waals surface area contributed by atoms with Gasteiger partial charge in [-0.25, -0.2) is 4.98 Å². The molecule has 0 aliphatic rings. The number of hydrazone groups is 1. The number of carboxylic acid groups (broad SMARTS) is 1. The van der Waals surface area contributed by atoms with Crippen LogP contribution in [-0.4, -0.2) is 16.7 Å². The standard InChI is InChI=1S/C18H15N3O3/c1-12(20-21-17-4-2-3-11-19-17)13-5-7-14(8-6-13)15-9-10-16(24-15)18(22)23/h2-11H,1H3,(H,19,21)(H,22,23)/p-1/b20-12-. The molecule has 0 bridgehead atoms. The first-order valence-corrected chi connectivity index (χ1v) is 7.27. The number of pyridine rings is 1. The van der Waals surface area contributed by atoms with Crippen LogP contribution in [0.15, 0.2) is 70.3 Å². The summed E-state index contributed by atoms with van der Waals surface area (Å²) in [5, 5.41) is 15.0. The van der Waals surface area contributed by atoms with Gasteiger partial charge in [-0.1, -0.05) is 30.3 Å². The molecule has 0 radical (unpaired) electrons. The van der Waals surface area contributed by atoms with Crippen LogP contribution in [0.1, 0.15) is 23.0 Å². The molecule has 0 saturated heterocycles. The largest absolute Gasteiger partial charge is 0.542 e. The molecule has 0 spiro atoms. The van der Waals surface area contributed by atoms with Crippen LogP contribution in [0.25, 0.3) is 11.3 Å². The minimum absolute atomic E-state index is 0.189. The Morgan fingerprint density at radius 2 is 1.92 bits per heavy atom. The van der Waals surface area contributed by atoms with Crippen LogP contribution in [0, 0.1) is 0 Å². The highest BCUT2D eigenvalue weighted by Crippen LogP contribution is 2.22. The number of anilines is 1. The molecule has 6 nitrogen and oxygen atoms in total. The van der Waals surface area contributed by atoms with Gasteiger partial charge in [-0.3, -0.25) is 5.43 Å². The Bertz CT molecular complexity index is 868. The first-order chi connectivity index (χ1) is 11.6. The lowest BCUT2D eigenvalue weighted by molar-refractivity contribution is -0.257. The molecule has 0 unspecified atom stereocenters. The molecular weight excluding hydrogens is 306 g/mol. The van der Waals surface area contributed by atoms with Crippen LogP contribution in [-0.2, 0) is 0 Å². The summed E-state index contributed by atoms with van der Waals surface area (Å²) in [6, 6.07) is 16.0. The Balaban J connectivity index is 1.74. The smallest absolute Gasteiger partial charge is 0.150 e. The van der Waals surface area contributed by atoms with Crippen molar-refractivity contribution in [3.8, 4) is 11.3 Å². The van der Waals surface area contributed by atoms with Gasteiger partial charge in [-0.2, -0.15) is 5.10 Å². The fourth-order valence-corrected chi connectivity index (χ4v) is 2.11. The van der Waals surface area contributed by atoms with Crippen molar-refractivity contribution in [2.75, 3.05) is 5.43 Å². The maximum atomic E-state index is 10.7. The van der Waals surface area contributed by atoms with Crippen molar-refractivity contribution in [2.24, 2.45) is 5.10 Å². The fourth-order valence-electron chi connectivity index (χ4n) is 2.11. The van der Waals surface area contributed by atoms with E-state index in [1.165, 1.54) is 6.07 Å². The zero-order valence-electron chi connectivity index (χ0n) is 12.9. The number of carbonyl (C=O) groups excluding carboxylic acids is 1. The van der Waals surface area contributed by atoms with E-state index in [-0.39, 0.29) is 5.76 Å². The first kappa shape index (κ1) is 15.5. The molecule has 2 aromatic heterocycles. The molecule has 0 fully saturated rings. The van der Waals surface area contributed by atoms with Crippen molar-refractivity contribution in [1.82, 2.24) is 4.98 Å². The number of nitrogens with one attached hydrogen (secondary N) is 1. The second-order valence-corrected chi connectivity index (χ2v) is 5.05. The molecular formula is C18H14N3O3-. The number of hydrogen-bond acceptors (Lipinski definition) is 6. The van der Waals surface area contributed by atoms with Gasteiger partial charge in [0.25, 0.3) is 0 Å². The molecule has 3 rings (SSSR count). The average molecular weight is 320 g/mol. The predicted octanol–water partition coefficient (Wildman–Crippen LogP) is 2.54. The Kier molecular flexibility index (Phi) is 4.38. The van der Waals surface area contributed by atoms with Gasteiger partial charge in [0.2, 0.25) is 0 Å². The molecule has 0 atom stereocenters. The summed E-state index contributed by atoms with van der Waals surface area (Å²) in [6.07, 6.45) is 1.69. The van der Waals surface area contributed by atoms with Gasteiger partial charge in [-0.05, 0) is 36.8 Å². The van der Waals surface area contributed by atoms with Gasteiger partial charge in [-0.15, -0.1) is 0 Å². The van der Waals surface area contributed by atoms with E-state index in [2.05, 4.69) is 15.5 Å². The number of aromatic carboxylic acids is 1. The second-order valence-electron chi connectivity index (χ2n) is 5.05. The second kappa shape index (κ2) is 6.78. The van der Waals surface area contributed by atoms with Crippen LogP contribution in [0.4, 0.5) is 5.82 Å².